The van der Waals surface area contributed by atoms with Gasteiger partial charge in [-0.3, -0.25) is 4.79 Å². The highest BCUT2D eigenvalue weighted by molar-refractivity contribution is 9.10. The zero-order valence-electron chi connectivity index (χ0n) is 22.5. The molecule has 0 fully saturated rings. The fourth-order valence-electron chi connectivity index (χ4n) is 4.58. The van der Waals surface area contributed by atoms with Crippen LogP contribution in [0, 0.1) is 13.8 Å². The predicted molar refractivity (Wildman–Crippen MR) is 158 cm³/mol. The number of halogens is 2. The van der Waals surface area contributed by atoms with Crippen LogP contribution in [0.3, 0.4) is 0 Å². The number of hydrogen-bond donors (Lipinski definition) is 2. The van der Waals surface area contributed by atoms with Crippen molar-refractivity contribution in [1.82, 2.24) is 20.2 Å². The predicted octanol–water partition coefficient (Wildman–Crippen LogP) is 6.61. The third-order valence-corrected chi connectivity index (χ3v) is 7.60. The van der Waals surface area contributed by atoms with Crippen molar-refractivity contribution in [3.8, 4) is 11.5 Å². The number of allylic oxidation sites excluding steroid dienone is 1. The first-order valence-electron chi connectivity index (χ1n) is 12.7. The second kappa shape index (κ2) is 11.7. The van der Waals surface area contributed by atoms with Crippen LogP contribution >= 0.6 is 27.5 Å². The van der Waals surface area contributed by atoms with Crippen LogP contribution in [0.5, 0.6) is 11.5 Å². The number of aryl methyl sites for hydroxylation is 1. The van der Waals surface area contributed by atoms with Gasteiger partial charge in [0.05, 0.1) is 16.7 Å². The van der Waals surface area contributed by atoms with Gasteiger partial charge in [0.1, 0.15) is 12.6 Å². The van der Waals surface area contributed by atoms with Crippen LogP contribution in [0.1, 0.15) is 42.1 Å². The number of fused-ring (bicyclic) bond motifs is 1. The highest BCUT2D eigenvalue weighted by Gasteiger charge is 2.35. The zero-order chi connectivity index (χ0) is 28.4. The molecular weight excluding hydrogens is 596 g/mol. The quantitative estimate of drug-likeness (QED) is 0.228. The number of rotatable bonds is 8. The Labute approximate surface area is 245 Å². The van der Waals surface area contributed by atoms with Crippen LogP contribution in [-0.2, 0) is 11.4 Å². The molecule has 1 aliphatic rings. The van der Waals surface area contributed by atoms with Crippen LogP contribution in [0.25, 0.3) is 0 Å². The summed E-state index contributed by atoms with van der Waals surface area (Å²) in [5.74, 6) is 1.25. The van der Waals surface area contributed by atoms with Crippen molar-refractivity contribution in [3.63, 3.8) is 0 Å². The Morgan fingerprint density at radius 3 is 2.65 bits per heavy atom. The minimum Gasteiger partial charge on any atom is -0.490 e. The number of nitrogens with one attached hydrogen (secondary N) is 2. The molecule has 206 valence electrons. The molecule has 0 radical (unpaired) electrons. The van der Waals surface area contributed by atoms with Crippen LogP contribution in [0.2, 0.25) is 5.02 Å². The Balaban J connectivity index is 1.53. The lowest BCUT2D eigenvalue weighted by Crippen LogP contribution is -2.31. The molecule has 40 heavy (non-hydrogen) atoms. The van der Waals surface area contributed by atoms with Gasteiger partial charge in [0, 0.05) is 16.4 Å². The number of aromatic nitrogens is 4. The Morgan fingerprint density at radius 1 is 1.12 bits per heavy atom. The molecule has 1 unspecified atom stereocenters. The summed E-state index contributed by atoms with van der Waals surface area (Å²) < 4.78 is 14.4. The Kier molecular flexibility index (Phi) is 8.09. The van der Waals surface area contributed by atoms with Crippen molar-refractivity contribution < 1.29 is 14.3 Å². The topological polar surface area (TPSA) is 103 Å². The molecule has 1 amide bonds. The minimum atomic E-state index is -0.628. The lowest BCUT2D eigenvalue weighted by molar-refractivity contribution is -0.113. The second-order valence-corrected chi connectivity index (χ2v) is 10.7. The van der Waals surface area contributed by atoms with Gasteiger partial charge in [-0.15, -0.1) is 0 Å². The molecule has 0 saturated carbocycles. The van der Waals surface area contributed by atoms with Gasteiger partial charge < -0.3 is 20.1 Å². The number of carbonyl (C=O) groups excluding carboxylic acids is 1. The average Bonchev–Trinajstić information content (AvgIpc) is 3.39. The molecule has 5 rings (SSSR count). The van der Waals surface area contributed by atoms with Crippen molar-refractivity contribution in [2.75, 3.05) is 17.2 Å². The van der Waals surface area contributed by atoms with E-state index in [0.717, 1.165) is 27.9 Å². The van der Waals surface area contributed by atoms with Crippen molar-refractivity contribution in [2.24, 2.45) is 0 Å². The number of nitrogens with zero attached hydrogens (tertiary/aromatic N) is 4. The summed E-state index contributed by atoms with van der Waals surface area (Å²) in [6, 6.07) is 16.4. The van der Waals surface area contributed by atoms with E-state index in [4.69, 9.17) is 21.1 Å². The van der Waals surface area contributed by atoms with E-state index in [2.05, 4.69) is 42.1 Å². The molecule has 1 aromatic heterocycles. The molecule has 1 aliphatic heterocycles. The van der Waals surface area contributed by atoms with E-state index in [1.165, 1.54) is 0 Å². The summed E-state index contributed by atoms with van der Waals surface area (Å²) in [6.45, 7) is 8.48. The van der Waals surface area contributed by atoms with E-state index in [1.807, 2.05) is 82.3 Å². The first-order chi connectivity index (χ1) is 19.3. The number of anilines is 2. The van der Waals surface area contributed by atoms with Gasteiger partial charge in [-0.2, -0.15) is 4.68 Å². The van der Waals surface area contributed by atoms with Crippen LogP contribution in [-0.4, -0.2) is 32.7 Å². The standard InChI is InChI=1S/C29H28BrClN6O3/c1-5-39-24-14-20(13-22(30)27(24)40-15-19-9-11-21(31)12-10-19)26-25(18(4)32-29-34-35-36-37(26)29)28(38)33-23-8-6-7-16(2)17(23)3/h6-14,26H,5,15H2,1-4H3,(H,33,38)(H,32,34,36). The summed E-state index contributed by atoms with van der Waals surface area (Å²) in [5, 5.41) is 19.1. The van der Waals surface area contributed by atoms with E-state index >= 15 is 0 Å². The van der Waals surface area contributed by atoms with Gasteiger partial charge in [-0.25, -0.2) is 0 Å². The van der Waals surface area contributed by atoms with Gasteiger partial charge in [0.25, 0.3) is 5.91 Å². The molecule has 2 N–H and O–H groups in total. The number of carbonyl (C=O) groups is 1. The Bertz CT molecular complexity index is 1600. The second-order valence-electron chi connectivity index (χ2n) is 9.39. The summed E-state index contributed by atoms with van der Waals surface area (Å²) in [4.78, 5) is 13.8. The third kappa shape index (κ3) is 5.55. The summed E-state index contributed by atoms with van der Waals surface area (Å²) in [5.41, 5.74) is 5.66. The van der Waals surface area contributed by atoms with Gasteiger partial charge >= 0.3 is 0 Å². The van der Waals surface area contributed by atoms with E-state index in [-0.39, 0.29) is 5.91 Å². The molecule has 0 aliphatic carbocycles. The fourth-order valence-corrected chi connectivity index (χ4v) is 5.28. The van der Waals surface area contributed by atoms with Crippen molar-refractivity contribution >= 4 is 45.1 Å². The summed E-state index contributed by atoms with van der Waals surface area (Å²) >= 11 is 9.70. The maximum atomic E-state index is 13.8. The van der Waals surface area contributed by atoms with Crippen LogP contribution < -0.4 is 20.1 Å². The van der Waals surface area contributed by atoms with Crippen LogP contribution in [0.4, 0.5) is 11.6 Å². The molecule has 0 saturated heterocycles. The molecule has 2 heterocycles. The number of amides is 1. The molecule has 0 spiro atoms. The molecule has 0 bridgehead atoms. The molecule has 9 nitrogen and oxygen atoms in total. The van der Waals surface area contributed by atoms with Gasteiger partial charge in [0.2, 0.25) is 5.95 Å². The number of tetrazole rings is 1. The van der Waals surface area contributed by atoms with E-state index in [9.17, 15) is 4.79 Å². The van der Waals surface area contributed by atoms with Gasteiger partial charge in [-0.05, 0) is 107 Å². The Morgan fingerprint density at radius 2 is 1.90 bits per heavy atom. The fraction of sp³-hybridized carbons (Fsp3) is 0.241. The molecule has 3 aromatic carbocycles. The zero-order valence-corrected chi connectivity index (χ0v) is 24.8. The maximum Gasteiger partial charge on any atom is 0.255 e. The van der Waals surface area contributed by atoms with Gasteiger partial charge in [-0.1, -0.05) is 41.0 Å². The van der Waals surface area contributed by atoms with Crippen LogP contribution in [0.15, 0.2) is 70.3 Å². The SMILES string of the molecule is CCOc1cc(C2C(C(=O)Nc3cccc(C)c3C)=C(C)Nc3nnnn32)cc(Br)c1OCc1ccc(Cl)cc1. The Hall–Kier alpha value is -3.89. The first kappa shape index (κ1) is 27.7. The largest absolute Gasteiger partial charge is 0.490 e. The van der Waals surface area contributed by atoms with E-state index < -0.39 is 6.04 Å². The van der Waals surface area contributed by atoms with E-state index in [1.54, 1.807) is 4.68 Å². The maximum absolute atomic E-state index is 13.8. The monoisotopic (exact) mass is 622 g/mol. The average molecular weight is 624 g/mol. The number of benzene rings is 3. The molecule has 1 atom stereocenters. The van der Waals surface area contributed by atoms with Gasteiger partial charge in [0.15, 0.2) is 11.5 Å². The molecular formula is C29H28BrClN6O3. The number of hydrogen-bond acceptors (Lipinski definition) is 7. The lowest BCUT2D eigenvalue weighted by Gasteiger charge is -2.29. The normalized spacial score (nSPS) is 14.4. The van der Waals surface area contributed by atoms with Crippen molar-refractivity contribution in [1.29, 1.82) is 0 Å². The lowest BCUT2D eigenvalue weighted by atomic mass is 9.94. The summed E-state index contributed by atoms with van der Waals surface area (Å²) in [7, 11) is 0. The smallest absolute Gasteiger partial charge is 0.255 e. The highest BCUT2D eigenvalue weighted by atomic mass is 79.9. The first-order valence-corrected chi connectivity index (χ1v) is 13.9. The summed E-state index contributed by atoms with van der Waals surface area (Å²) in [6.07, 6.45) is 0. The highest BCUT2D eigenvalue weighted by Crippen LogP contribution is 2.43. The number of ether oxygens (including phenoxy) is 2. The molecule has 11 heteroatoms. The third-order valence-electron chi connectivity index (χ3n) is 6.76. The van der Waals surface area contributed by atoms with E-state index in [0.29, 0.717) is 51.4 Å². The minimum absolute atomic E-state index is 0.262. The van der Waals surface area contributed by atoms with Crippen molar-refractivity contribution in [2.45, 2.75) is 40.3 Å². The van der Waals surface area contributed by atoms with Crippen molar-refractivity contribution in [3.05, 3.63) is 97.6 Å². The molecule has 4 aromatic rings.